The molecule has 0 saturated heterocycles. The van der Waals surface area contributed by atoms with Crippen molar-refractivity contribution < 1.29 is 23.8 Å². The Kier molecular flexibility index (Phi) is 6.39. The molecule has 0 unspecified atom stereocenters. The maximum absolute atomic E-state index is 12.4. The van der Waals surface area contributed by atoms with Gasteiger partial charge in [-0.1, -0.05) is 6.92 Å². The molecule has 132 valence electrons. The van der Waals surface area contributed by atoms with Crippen molar-refractivity contribution in [3.05, 3.63) is 54.1 Å². The zero-order valence-electron chi connectivity index (χ0n) is 14.4. The van der Waals surface area contributed by atoms with E-state index in [0.717, 1.165) is 5.75 Å². The van der Waals surface area contributed by atoms with E-state index in [0.29, 0.717) is 23.4 Å². The number of esters is 1. The van der Waals surface area contributed by atoms with Crippen molar-refractivity contribution >= 4 is 17.6 Å². The Labute approximate surface area is 146 Å². The van der Waals surface area contributed by atoms with Crippen molar-refractivity contribution in [3.8, 4) is 11.5 Å². The smallest absolute Gasteiger partial charge is 0.337 e. The summed E-state index contributed by atoms with van der Waals surface area (Å²) < 4.78 is 15.5. The van der Waals surface area contributed by atoms with Gasteiger partial charge in [-0.2, -0.15) is 0 Å². The van der Waals surface area contributed by atoms with Gasteiger partial charge in [0.1, 0.15) is 11.5 Å². The summed E-state index contributed by atoms with van der Waals surface area (Å²) in [7, 11) is 2.91. The zero-order valence-corrected chi connectivity index (χ0v) is 14.4. The van der Waals surface area contributed by atoms with Crippen LogP contribution in [0.2, 0.25) is 0 Å². The standard InChI is InChI=1S/C19H21NO5/c1-4-17(25-16-11-9-15(23-2)10-12-16)18(21)20-14-7-5-13(6-8-14)19(22)24-3/h5-12,17H,4H2,1-3H3,(H,20,21)/t17-/m1/s1. The maximum atomic E-state index is 12.4. The lowest BCUT2D eigenvalue weighted by molar-refractivity contribution is -0.122. The molecule has 1 N–H and O–H groups in total. The van der Waals surface area contributed by atoms with E-state index in [2.05, 4.69) is 10.1 Å². The fraction of sp³-hybridized carbons (Fsp3) is 0.263. The summed E-state index contributed by atoms with van der Waals surface area (Å²) >= 11 is 0. The number of anilines is 1. The highest BCUT2D eigenvalue weighted by molar-refractivity contribution is 5.95. The molecule has 0 aliphatic carbocycles. The van der Waals surface area contributed by atoms with Gasteiger partial charge in [-0.05, 0) is 55.0 Å². The third kappa shape index (κ3) is 4.97. The predicted octanol–water partition coefficient (Wildman–Crippen LogP) is 3.28. The normalized spacial score (nSPS) is 11.3. The molecule has 6 nitrogen and oxygen atoms in total. The third-order valence-electron chi connectivity index (χ3n) is 3.57. The van der Waals surface area contributed by atoms with E-state index in [-0.39, 0.29) is 5.91 Å². The molecule has 0 aliphatic rings. The Morgan fingerprint density at radius 1 is 0.960 bits per heavy atom. The van der Waals surface area contributed by atoms with Gasteiger partial charge in [-0.3, -0.25) is 4.79 Å². The average molecular weight is 343 g/mol. The van der Waals surface area contributed by atoms with E-state index in [1.165, 1.54) is 7.11 Å². The van der Waals surface area contributed by atoms with Crippen molar-refractivity contribution in [2.45, 2.75) is 19.4 Å². The number of amides is 1. The Hall–Kier alpha value is -3.02. The molecule has 0 radical (unpaired) electrons. The number of benzene rings is 2. The molecule has 0 aromatic heterocycles. The van der Waals surface area contributed by atoms with Gasteiger partial charge in [0.05, 0.1) is 19.8 Å². The molecule has 25 heavy (non-hydrogen) atoms. The SMILES string of the molecule is CC[C@@H](Oc1ccc(OC)cc1)C(=O)Nc1ccc(C(=O)OC)cc1. The van der Waals surface area contributed by atoms with Gasteiger partial charge < -0.3 is 19.5 Å². The highest BCUT2D eigenvalue weighted by atomic mass is 16.5. The van der Waals surface area contributed by atoms with Gasteiger partial charge >= 0.3 is 5.97 Å². The van der Waals surface area contributed by atoms with E-state index in [1.54, 1.807) is 55.6 Å². The van der Waals surface area contributed by atoms with Crippen LogP contribution in [0.25, 0.3) is 0 Å². The Morgan fingerprint density at radius 3 is 2.08 bits per heavy atom. The van der Waals surface area contributed by atoms with Crippen LogP contribution in [0.5, 0.6) is 11.5 Å². The van der Waals surface area contributed by atoms with Crippen LogP contribution in [-0.2, 0) is 9.53 Å². The fourth-order valence-electron chi connectivity index (χ4n) is 2.17. The Bertz CT molecular complexity index is 710. The third-order valence-corrected chi connectivity index (χ3v) is 3.57. The highest BCUT2D eigenvalue weighted by Crippen LogP contribution is 2.19. The van der Waals surface area contributed by atoms with Gasteiger partial charge in [-0.15, -0.1) is 0 Å². The van der Waals surface area contributed by atoms with Gasteiger partial charge in [-0.25, -0.2) is 4.79 Å². The van der Waals surface area contributed by atoms with E-state index >= 15 is 0 Å². The number of carbonyl (C=O) groups is 2. The molecule has 0 spiro atoms. The zero-order chi connectivity index (χ0) is 18.2. The first-order chi connectivity index (χ1) is 12.1. The minimum atomic E-state index is -0.631. The summed E-state index contributed by atoms with van der Waals surface area (Å²) in [6.07, 6.45) is -0.119. The monoisotopic (exact) mass is 343 g/mol. The number of nitrogens with one attached hydrogen (secondary N) is 1. The number of ether oxygens (including phenoxy) is 3. The highest BCUT2D eigenvalue weighted by Gasteiger charge is 2.18. The van der Waals surface area contributed by atoms with Crippen molar-refractivity contribution in [3.63, 3.8) is 0 Å². The minimum absolute atomic E-state index is 0.260. The van der Waals surface area contributed by atoms with Crippen LogP contribution in [-0.4, -0.2) is 32.2 Å². The second-order valence-electron chi connectivity index (χ2n) is 5.25. The number of rotatable bonds is 7. The number of methoxy groups -OCH3 is 2. The number of hydrogen-bond acceptors (Lipinski definition) is 5. The summed E-state index contributed by atoms with van der Waals surface area (Å²) in [6, 6.07) is 13.5. The van der Waals surface area contributed by atoms with Gasteiger partial charge in [0.25, 0.3) is 5.91 Å². The number of hydrogen-bond donors (Lipinski definition) is 1. The van der Waals surface area contributed by atoms with Crippen LogP contribution < -0.4 is 14.8 Å². The van der Waals surface area contributed by atoms with E-state index in [9.17, 15) is 9.59 Å². The molecule has 0 fully saturated rings. The Balaban J connectivity index is 2.00. The first-order valence-electron chi connectivity index (χ1n) is 7.87. The van der Waals surface area contributed by atoms with Crippen LogP contribution >= 0.6 is 0 Å². The molecule has 1 amide bonds. The molecule has 0 saturated carbocycles. The molecule has 2 rings (SSSR count). The second-order valence-corrected chi connectivity index (χ2v) is 5.25. The first kappa shape index (κ1) is 18.3. The van der Waals surface area contributed by atoms with Crippen LogP contribution in [0.3, 0.4) is 0 Å². The lowest BCUT2D eigenvalue weighted by Gasteiger charge is -2.17. The van der Waals surface area contributed by atoms with E-state index in [4.69, 9.17) is 9.47 Å². The van der Waals surface area contributed by atoms with E-state index < -0.39 is 12.1 Å². The first-order valence-corrected chi connectivity index (χ1v) is 7.87. The molecule has 2 aromatic carbocycles. The average Bonchev–Trinajstić information content (AvgIpc) is 2.66. The van der Waals surface area contributed by atoms with Crippen LogP contribution in [0.1, 0.15) is 23.7 Å². The molecule has 1 atom stereocenters. The van der Waals surface area contributed by atoms with Crippen molar-refractivity contribution in [2.24, 2.45) is 0 Å². The maximum Gasteiger partial charge on any atom is 0.337 e. The molecule has 0 bridgehead atoms. The minimum Gasteiger partial charge on any atom is -0.497 e. The van der Waals surface area contributed by atoms with Crippen LogP contribution in [0.15, 0.2) is 48.5 Å². The lowest BCUT2D eigenvalue weighted by atomic mass is 10.2. The second kappa shape index (κ2) is 8.73. The Morgan fingerprint density at radius 2 is 1.56 bits per heavy atom. The van der Waals surface area contributed by atoms with Crippen molar-refractivity contribution in [1.29, 1.82) is 0 Å². The molecule has 0 heterocycles. The summed E-state index contributed by atoms with van der Waals surface area (Å²) in [5.41, 5.74) is 0.997. The topological polar surface area (TPSA) is 73.9 Å². The quantitative estimate of drug-likeness (QED) is 0.781. The largest absolute Gasteiger partial charge is 0.497 e. The lowest BCUT2D eigenvalue weighted by Crippen LogP contribution is -2.32. The van der Waals surface area contributed by atoms with Crippen LogP contribution in [0, 0.1) is 0 Å². The summed E-state index contributed by atoms with van der Waals surface area (Å²) in [5, 5.41) is 2.78. The predicted molar refractivity (Wildman–Crippen MR) is 94.1 cm³/mol. The van der Waals surface area contributed by atoms with E-state index in [1.807, 2.05) is 6.92 Å². The summed E-state index contributed by atoms with van der Waals surface area (Å²) in [5.74, 6) is 0.621. The van der Waals surface area contributed by atoms with Crippen LogP contribution in [0.4, 0.5) is 5.69 Å². The van der Waals surface area contributed by atoms with Crippen molar-refractivity contribution in [2.75, 3.05) is 19.5 Å². The molecule has 0 aliphatic heterocycles. The van der Waals surface area contributed by atoms with Gasteiger partial charge in [0.15, 0.2) is 6.10 Å². The number of carbonyl (C=O) groups excluding carboxylic acids is 2. The fourth-order valence-corrected chi connectivity index (χ4v) is 2.17. The molecule has 6 heteroatoms. The molecular weight excluding hydrogens is 322 g/mol. The summed E-state index contributed by atoms with van der Waals surface area (Å²) in [6.45, 7) is 1.87. The molecule has 2 aromatic rings. The van der Waals surface area contributed by atoms with Gasteiger partial charge in [0.2, 0.25) is 0 Å². The van der Waals surface area contributed by atoms with Gasteiger partial charge in [0, 0.05) is 5.69 Å². The van der Waals surface area contributed by atoms with Crippen molar-refractivity contribution in [1.82, 2.24) is 0 Å². The summed E-state index contributed by atoms with van der Waals surface area (Å²) in [4.78, 5) is 23.8. The molecular formula is C19H21NO5.